The number of hydrogen-bond acceptors (Lipinski definition) is 2. The lowest BCUT2D eigenvalue weighted by Crippen LogP contribution is -1.82. The Morgan fingerprint density at radius 1 is 0.800 bits per heavy atom. The average molecular weight is 216 g/mol. The van der Waals surface area contributed by atoms with Crippen molar-refractivity contribution in [1.29, 1.82) is 0 Å². The normalized spacial score (nSPS) is 10.0. The molecule has 0 atom stereocenters. The molecule has 2 heteroatoms. The summed E-state index contributed by atoms with van der Waals surface area (Å²) in [5.41, 5.74) is 2.37. The minimum absolute atomic E-state index is 0.879. The van der Waals surface area contributed by atoms with Crippen molar-refractivity contribution < 1.29 is 4.74 Å². The van der Waals surface area contributed by atoms with Crippen LogP contribution < -0.4 is 4.74 Å². The summed E-state index contributed by atoms with van der Waals surface area (Å²) in [7, 11) is 1.67. The van der Waals surface area contributed by atoms with Crippen molar-refractivity contribution >= 4 is 12.6 Å². The maximum Gasteiger partial charge on any atom is 0.118 e. The highest BCUT2D eigenvalue weighted by atomic mass is 32.1. The fraction of sp³-hybridized carbons (Fsp3) is 0.0769. The molecule has 0 saturated carbocycles. The van der Waals surface area contributed by atoms with Crippen LogP contribution in [0.5, 0.6) is 5.75 Å². The minimum atomic E-state index is 0.879. The highest BCUT2D eigenvalue weighted by Crippen LogP contribution is 2.23. The van der Waals surface area contributed by atoms with Crippen molar-refractivity contribution in [2.24, 2.45) is 0 Å². The molecule has 0 aromatic heterocycles. The molecule has 0 aliphatic carbocycles. The van der Waals surface area contributed by atoms with E-state index in [1.807, 2.05) is 36.4 Å². The molecule has 0 bridgehead atoms. The molecule has 1 nitrogen and oxygen atoms in total. The van der Waals surface area contributed by atoms with Crippen molar-refractivity contribution in [1.82, 2.24) is 0 Å². The van der Waals surface area contributed by atoms with Gasteiger partial charge in [-0.15, -0.1) is 12.6 Å². The highest BCUT2D eigenvalue weighted by molar-refractivity contribution is 7.80. The van der Waals surface area contributed by atoms with Crippen LogP contribution in [0.3, 0.4) is 0 Å². The van der Waals surface area contributed by atoms with E-state index >= 15 is 0 Å². The number of rotatable bonds is 2. The molecule has 0 N–H and O–H groups in total. The van der Waals surface area contributed by atoms with E-state index in [1.54, 1.807) is 7.11 Å². The molecule has 0 aliphatic heterocycles. The molecule has 15 heavy (non-hydrogen) atoms. The number of hydrogen-bond donors (Lipinski definition) is 1. The number of ether oxygens (including phenoxy) is 1. The molecule has 0 fully saturated rings. The number of thiol groups is 1. The van der Waals surface area contributed by atoms with Crippen LogP contribution >= 0.6 is 12.6 Å². The van der Waals surface area contributed by atoms with Gasteiger partial charge in [0.25, 0.3) is 0 Å². The van der Waals surface area contributed by atoms with Gasteiger partial charge in [0.15, 0.2) is 0 Å². The Kier molecular flexibility index (Phi) is 2.97. The summed E-state index contributed by atoms with van der Waals surface area (Å²) in [5, 5.41) is 0. The van der Waals surface area contributed by atoms with Gasteiger partial charge in [0.2, 0.25) is 0 Å². The first kappa shape index (κ1) is 10.1. The fourth-order valence-corrected chi connectivity index (χ4v) is 1.59. The first-order valence-electron chi connectivity index (χ1n) is 4.73. The Balaban J connectivity index is 2.33. The zero-order chi connectivity index (χ0) is 10.7. The standard InChI is InChI=1S/C13H12OS/c1-14-12-6-2-10(3-7-12)11-4-8-13(15)9-5-11/h2-9,15H,1H3. The SMILES string of the molecule is COc1ccc(-c2ccc(S)cc2)cc1. The van der Waals surface area contributed by atoms with Gasteiger partial charge in [-0.1, -0.05) is 24.3 Å². The summed E-state index contributed by atoms with van der Waals surface area (Å²) in [6.07, 6.45) is 0. The zero-order valence-electron chi connectivity index (χ0n) is 8.47. The van der Waals surface area contributed by atoms with Gasteiger partial charge in [0, 0.05) is 4.90 Å². The molecule has 0 heterocycles. The molecule has 2 aromatic carbocycles. The Labute approximate surface area is 95.1 Å². The predicted octanol–water partition coefficient (Wildman–Crippen LogP) is 3.65. The van der Waals surface area contributed by atoms with Crippen LogP contribution in [0.4, 0.5) is 0 Å². The Morgan fingerprint density at radius 2 is 1.27 bits per heavy atom. The van der Waals surface area contributed by atoms with Gasteiger partial charge in [-0.3, -0.25) is 0 Å². The molecule has 0 radical (unpaired) electrons. The van der Waals surface area contributed by atoms with Crippen LogP contribution in [0.2, 0.25) is 0 Å². The van der Waals surface area contributed by atoms with Crippen molar-refractivity contribution in [3.8, 4) is 16.9 Å². The topological polar surface area (TPSA) is 9.23 Å². The van der Waals surface area contributed by atoms with E-state index in [1.165, 1.54) is 11.1 Å². The lowest BCUT2D eigenvalue weighted by Gasteiger charge is -2.03. The molecule has 76 valence electrons. The third-order valence-electron chi connectivity index (χ3n) is 2.29. The maximum atomic E-state index is 5.11. The molecule has 0 saturated heterocycles. The molecular weight excluding hydrogens is 204 g/mol. The first-order chi connectivity index (χ1) is 7.29. The van der Waals surface area contributed by atoms with Gasteiger partial charge in [0.1, 0.15) is 5.75 Å². The minimum Gasteiger partial charge on any atom is -0.497 e. The van der Waals surface area contributed by atoms with Crippen molar-refractivity contribution in [2.45, 2.75) is 4.90 Å². The van der Waals surface area contributed by atoms with Gasteiger partial charge in [-0.25, -0.2) is 0 Å². The summed E-state index contributed by atoms with van der Waals surface area (Å²) in [6.45, 7) is 0. The van der Waals surface area contributed by atoms with Gasteiger partial charge in [-0.2, -0.15) is 0 Å². The molecule has 2 aromatic rings. The van der Waals surface area contributed by atoms with Crippen LogP contribution in [0.25, 0.3) is 11.1 Å². The van der Waals surface area contributed by atoms with Crippen LogP contribution in [0.1, 0.15) is 0 Å². The van der Waals surface area contributed by atoms with Crippen molar-refractivity contribution in [3.63, 3.8) is 0 Å². The predicted molar refractivity (Wildman–Crippen MR) is 65.7 cm³/mol. The third-order valence-corrected chi connectivity index (χ3v) is 2.59. The lowest BCUT2D eigenvalue weighted by molar-refractivity contribution is 0.415. The van der Waals surface area contributed by atoms with Crippen LogP contribution in [0.15, 0.2) is 53.4 Å². The monoisotopic (exact) mass is 216 g/mol. The van der Waals surface area contributed by atoms with Gasteiger partial charge in [0.05, 0.1) is 7.11 Å². The van der Waals surface area contributed by atoms with Crippen LogP contribution in [0, 0.1) is 0 Å². The second kappa shape index (κ2) is 4.41. The van der Waals surface area contributed by atoms with Gasteiger partial charge < -0.3 is 4.74 Å². The lowest BCUT2D eigenvalue weighted by atomic mass is 10.1. The van der Waals surface area contributed by atoms with Crippen molar-refractivity contribution in [2.75, 3.05) is 7.11 Å². The summed E-state index contributed by atoms with van der Waals surface area (Å²) in [5.74, 6) is 0.879. The number of benzene rings is 2. The first-order valence-corrected chi connectivity index (χ1v) is 5.18. The van der Waals surface area contributed by atoms with E-state index in [2.05, 4.69) is 24.8 Å². The van der Waals surface area contributed by atoms with Crippen LogP contribution in [-0.4, -0.2) is 7.11 Å². The maximum absolute atomic E-state index is 5.11. The summed E-state index contributed by atoms with van der Waals surface area (Å²) in [4.78, 5) is 0.979. The van der Waals surface area contributed by atoms with Gasteiger partial charge >= 0.3 is 0 Å². The van der Waals surface area contributed by atoms with E-state index in [0.29, 0.717) is 0 Å². The Morgan fingerprint density at radius 3 is 1.73 bits per heavy atom. The molecule has 0 unspecified atom stereocenters. The second-order valence-corrected chi connectivity index (χ2v) is 3.79. The highest BCUT2D eigenvalue weighted by Gasteiger charge is 1.97. The molecule has 0 amide bonds. The van der Waals surface area contributed by atoms with E-state index in [4.69, 9.17) is 4.74 Å². The van der Waals surface area contributed by atoms with E-state index in [9.17, 15) is 0 Å². The van der Waals surface area contributed by atoms with E-state index in [-0.39, 0.29) is 0 Å². The molecule has 2 rings (SSSR count). The Hall–Kier alpha value is -1.41. The third kappa shape index (κ3) is 2.34. The van der Waals surface area contributed by atoms with Crippen molar-refractivity contribution in [3.05, 3.63) is 48.5 Å². The smallest absolute Gasteiger partial charge is 0.118 e. The van der Waals surface area contributed by atoms with Gasteiger partial charge in [-0.05, 0) is 35.4 Å². The molecule has 0 aliphatic rings. The second-order valence-electron chi connectivity index (χ2n) is 3.28. The Bertz CT molecular complexity index is 431. The molecular formula is C13H12OS. The quantitative estimate of drug-likeness (QED) is 0.754. The summed E-state index contributed by atoms with van der Waals surface area (Å²) in [6, 6.07) is 16.1. The van der Waals surface area contributed by atoms with Crippen LogP contribution in [-0.2, 0) is 0 Å². The zero-order valence-corrected chi connectivity index (χ0v) is 9.37. The fourth-order valence-electron chi connectivity index (χ4n) is 1.44. The number of methoxy groups -OCH3 is 1. The molecule has 0 spiro atoms. The van der Waals surface area contributed by atoms with E-state index < -0.39 is 0 Å². The van der Waals surface area contributed by atoms with E-state index in [0.717, 1.165) is 10.6 Å². The summed E-state index contributed by atoms with van der Waals surface area (Å²) < 4.78 is 5.11. The summed E-state index contributed by atoms with van der Waals surface area (Å²) >= 11 is 4.26. The average Bonchev–Trinajstić information content (AvgIpc) is 2.30. The largest absolute Gasteiger partial charge is 0.497 e.